The van der Waals surface area contributed by atoms with E-state index in [4.69, 9.17) is 4.74 Å². The smallest absolute Gasteiger partial charge is 0.166 e. The molecule has 0 amide bonds. The molecule has 19 heavy (non-hydrogen) atoms. The summed E-state index contributed by atoms with van der Waals surface area (Å²) in [6.45, 7) is 0.184. The molecule has 0 heterocycles. The molecule has 100 valence electrons. The zero-order valence-electron chi connectivity index (χ0n) is 9.80. The van der Waals surface area contributed by atoms with Crippen molar-refractivity contribution in [1.82, 2.24) is 0 Å². The van der Waals surface area contributed by atoms with Gasteiger partial charge in [0.1, 0.15) is 11.6 Å². The van der Waals surface area contributed by atoms with Gasteiger partial charge in [0, 0.05) is 12.5 Å². The highest BCUT2D eigenvalue weighted by molar-refractivity contribution is 9.10. The maximum Gasteiger partial charge on any atom is 0.166 e. The Hall–Kier alpha value is -1.49. The van der Waals surface area contributed by atoms with E-state index in [1.165, 1.54) is 12.1 Å². The molecule has 0 N–H and O–H groups in total. The first-order chi connectivity index (χ1) is 9.06. The van der Waals surface area contributed by atoms with Crippen molar-refractivity contribution in [1.29, 1.82) is 0 Å². The van der Waals surface area contributed by atoms with Gasteiger partial charge >= 0.3 is 0 Å². The molecule has 0 fully saturated rings. The zero-order valence-corrected chi connectivity index (χ0v) is 11.4. The normalized spacial score (nSPS) is 10.5. The molecule has 0 aliphatic heterocycles. The van der Waals surface area contributed by atoms with E-state index in [9.17, 15) is 13.2 Å². The van der Waals surface area contributed by atoms with E-state index in [0.717, 1.165) is 17.7 Å². The molecular formula is C14H10BrF3O. The van der Waals surface area contributed by atoms with Gasteiger partial charge in [-0.1, -0.05) is 12.1 Å². The number of ether oxygens (including phenoxy) is 1. The van der Waals surface area contributed by atoms with E-state index in [0.29, 0.717) is 6.42 Å². The summed E-state index contributed by atoms with van der Waals surface area (Å²) in [5, 5.41) is 0. The van der Waals surface area contributed by atoms with Crippen LogP contribution in [0.1, 0.15) is 5.56 Å². The van der Waals surface area contributed by atoms with Crippen molar-refractivity contribution in [3.8, 4) is 5.75 Å². The number of halogens is 4. The number of rotatable bonds is 4. The summed E-state index contributed by atoms with van der Waals surface area (Å²) in [6, 6.07) is 7.94. The van der Waals surface area contributed by atoms with Crippen LogP contribution in [0.2, 0.25) is 0 Å². The first kappa shape index (κ1) is 13.9. The number of benzene rings is 2. The summed E-state index contributed by atoms with van der Waals surface area (Å²) in [5.41, 5.74) is 0.861. The molecule has 0 bridgehead atoms. The average molecular weight is 331 g/mol. The van der Waals surface area contributed by atoms with Crippen molar-refractivity contribution >= 4 is 15.9 Å². The minimum Gasteiger partial charge on any atom is -0.490 e. The Labute approximate surface area is 117 Å². The summed E-state index contributed by atoms with van der Waals surface area (Å²) in [6.07, 6.45) is 0.484. The third kappa shape index (κ3) is 3.73. The van der Waals surface area contributed by atoms with Crippen LogP contribution in [0.15, 0.2) is 40.9 Å². The molecule has 0 saturated carbocycles. The van der Waals surface area contributed by atoms with Gasteiger partial charge in [0.25, 0.3) is 0 Å². The van der Waals surface area contributed by atoms with Crippen LogP contribution in [0.4, 0.5) is 13.2 Å². The lowest BCUT2D eigenvalue weighted by Gasteiger charge is -2.08. The Bertz CT molecular complexity index is 570. The van der Waals surface area contributed by atoms with Gasteiger partial charge < -0.3 is 4.74 Å². The molecule has 0 spiro atoms. The van der Waals surface area contributed by atoms with Crippen LogP contribution >= 0.6 is 15.9 Å². The molecule has 1 nitrogen and oxygen atoms in total. The lowest BCUT2D eigenvalue weighted by molar-refractivity contribution is 0.303. The second-order valence-corrected chi connectivity index (χ2v) is 4.78. The van der Waals surface area contributed by atoms with E-state index < -0.39 is 11.6 Å². The van der Waals surface area contributed by atoms with Crippen molar-refractivity contribution in [3.05, 3.63) is 63.9 Å². The Morgan fingerprint density at radius 1 is 0.947 bits per heavy atom. The standard InChI is InChI=1S/C14H10BrF3O/c15-11-7-13(18)14(8-12(11)17)19-6-5-9-1-3-10(16)4-2-9/h1-4,7-8H,5-6H2. The Kier molecular flexibility index (Phi) is 4.47. The van der Waals surface area contributed by atoms with Gasteiger partial charge in [0.2, 0.25) is 0 Å². The molecule has 0 aliphatic carbocycles. The van der Waals surface area contributed by atoms with Crippen molar-refractivity contribution < 1.29 is 17.9 Å². The third-order valence-corrected chi connectivity index (χ3v) is 3.14. The van der Waals surface area contributed by atoms with Crippen LogP contribution in [0, 0.1) is 17.5 Å². The quantitative estimate of drug-likeness (QED) is 0.750. The average Bonchev–Trinajstić information content (AvgIpc) is 2.38. The van der Waals surface area contributed by atoms with E-state index in [2.05, 4.69) is 15.9 Å². The van der Waals surface area contributed by atoms with E-state index in [1.54, 1.807) is 12.1 Å². The molecule has 0 aliphatic rings. The van der Waals surface area contributed by atoms with Gasteiger partial charge in [-0.05, 0) is 39.7 Å². The fourth-order valence-corrected chi connectivity index (χ4v) is 1.86. The van der Waals surface area contributed by atoms with Crippen LogP contribution in [0.3, 0.4) is 0 Å². The SMILES string of the molecule is Fc1ccc(CCOc2cc(F)c(Br)cc2F)cc1. The molecule has 5 heteroatoms. The highest BCUT2D eigenvalue weighted by Crippen LogP contribution is 2.25. The maximum absolute atomic E-state index is 13.4. The first-order valence-electron chi connectivity index (χ1n) is 5.58. The fourth-order valence-electron chi connectivity index (χ4n) is 1.54. The van der Waals surface area contributed by atoms with Crippen LogP contribution in [0.5, 0.6) is 5.75 Å². The second kappa shape index (κ2) is 6.10. The Balaban J connectivity index is 1.96. The predicted octanol–water partition coefficient (Wildman–Crippen LogP) is 4.49. The summed E-state index contributed by atoms with van der Waals surface area (Å²) >= 11 is 2.89. The number of hydrogen-bond donors (Lipinski definition) is 0. The van der Waals surface area contributed by atoms with Crippen LogP contribution < -0.4 is 4.74 Å². The van der Waals surface area contributed by atoms with Crippen molar-refractivity contribution in [2.75, 3.05) is 6.61 Å². The minimum atomic E-state index is -0.632. The molecule has 0 radical (unpaired) electrons. The maximum atomic E-state index is 13.4. The van der Waals surface area contributed by atoms with E-state index in [1.807, 2.05) is 0 Å². The van der Waals surface area contributed by atoms with E-state index in [-0.39, 0.29) is 22.6 Å². The Morgan fingerprint density at radius 3 is 2.32 bits per heavy atom. The summed E-state index contributed by atoms with van der Waals surface area (Å²) < 4.78 is 44.6. The number of hydrogen-bond acceptors (Lipinski definition) is 1. The Morgan fingerprint density at radius 2 is 1.63 bits per heavy atom. The monoisotopic (exact) mass is 330 g/mol. The fraction of sp³-hybridized carbons (Fsp3) is 0.143. The highest BCUT2D eigenvalue weighted by Gasteiger charge is 2.09. The van der Waals surface area contributed by atoms with Gasteiger partial charge in [-0.25, -0.2) is 13.2 Å². The summed E-state index contributed by atoms with van der Waals surface area (Å²) in [4.78, 5) is 0. The lowest BCUT2D eigenvalue weighted by Crippen LogP contribution is -2.03. The van der Waals surface area contributed by atoms with Crippen LogP contribution in [-0.4, -0.2) is 6.61 Å². The lowest BCUT2D eigenvalue weighted by atomic mass is 10.2. The minimum absolute atomic E-state index is 0.0517. The van der Waals surface area contributed by atoms with Crippen molar-refractivity contribution in [3.63, 3.8) is 0 Å². The van der Waals surface area contributed by atoms with Gasteiger partial charge in [-0.2, -0.15) is 0 Å². The summed E-state index contributed by atoms with van der Waals surface area (Å²) in [7, 11) is 0. The van der Waals surface area contributed by atoms with E-state index >= 15 is 0 Å². The van der Waals surface area contributed by atoms with Crippen molar-refractivity contribution in [2.45, 2.75) is 6.42 Å². The molecule has 2 aromatic carbocycles. The predicted molar refractivity (Wildman–Crippen MR) is 69.7 cm³/mol. The largest absolute Gasteiger partial charge is 0.490 e. The zero-order chi connectivity index (χ0) is 13.8. The van der Waals surface area contributed by atoms with Crippen molar-refractivity contribution in [2.24, 2.45) is 0 Å². The van der Waals surface area contributed by atoms with Gasteiger partial charge in [-0.3, -0.25) is 0 Å². The molecule has 0 atom stereocenters. The van der Waals surface area contributed by atoms with Crippen LogP contribution in [-0.2, 0) is 6.42 Å². The topological polar surface area (TPSA) is 9.23 Å². The van der Waals surface area contributed by atoms with Gasteiger partial charge in [0.15, 0.2) is 11.6 Å². The summed E-state index contributed by atoms with van der Waals surface area (Å²) in [5.74, 6) is -1.67. The molecule has 0 saturated heterocycles. The highest BCUT2D eigenvalue weighted by atomic mass is 79.9. The first-order valence-corrected chi connectivity index (χ1v) is 6.37. The molecule has 0 aromatic heterocycles. The van der Waals surface area contributed by atoms with Gasteiger partial charge in [-0.15, -0.1) is 0 Å². The molecule has 0 unspecified atom stereocenters. The molecule has 2 aromatic rings. The molecular weight excluding hydrogens is 321 g/mol. The van der Waals surface area contributed by atoms with Crippen LogP contribution in [0.25, 0.3) is 0 Å². The third-order valence-electron chi connectivity index (χ3n) is 2.54. The van der Waals surface area contributed by atoms with Gasteiger partial charge in [0.05, 0.1) is 11.1 Å². The molecule has 2 rings (SSSR count). The second-order valence-electron chi connectivity index (χ2n) is 3.92.